The van der Waals surface area contributed by atoms with Gasteiger partial charge in [0, 0.05) is 24.5 Å². The number of fused-ring (bicyclic) bond motifs is 1. The van der Waals surface area contributed by atoms with Crippen molar-refractivity contribution in [3.05, 3.63) is 58.5 Å². The van der Waals surface area contributed by atoms with E-state index in [0.717, 1.165) is 12.8 Å². The molecule has 144 valence electrons. The lowest BCUT2D eigenvalue weighted by molar-refractivity contribution is 0.0787. The number of ether oxygens (including phenoxy) is 2. The fourth-order valence-corrected chi connectivity index (χ4v) is 3.54. The maximum atomic E-state index is 13.1. The topological polar surface area (TPSA) is 73.7 Å². The summed E-state index contributed by atoms with van der Waals surface area (Å²) in [5.74, 6) is 0.876. The quantitative estimate of drug-likeness (QED) is 0.697. The van der Waals surface area contributed by atoms with Crippen molar-refractivity contribution in [3.63, 3.8) is 0 Å². The first-order valence-electron chi connectivity index (χ1n) is 9.18. The van der Waals surface area contributed by atoms with Crippen molar-refractivity contribution < 1.29 is 14.3 Å². The number of carbonyl (C=O) groups is 1. The number of benzene rings is 2. The van der Waals surface area contributed by atoms with Gasteiger partial charge in [-0.05, 0) is 31.0 Å². The van der Waals surface area contributed by atoms with Crippen LogP contribution in [0.5, 0.6) is 11.5 Å². The van der Waals surface area contributed by atoms with Gasteiger partial charge >= 0.3 is 0 Å². The minimum absolute atomic E-state index is 0.157. The van der Waals surface area contributed by atoms with E-state index in [1.54, 1.807) is 48.4 Å². The second kappa shape index (κ2) is 7.34. The Morgan fingerprint density at radius 3 is 2.39 bits per heavy atom. The van der Waals surface area contributed by atoms with Gasteiger partial charge in [0.15, 0.2) is 5.69 Å². The predicted octanol–water partition coefficient (Wildman–Crippen LogP) is 2.64. The van der Waals surface area contributed by atoms with Crippen LogP contribution >= 0.6 is 0 Å². The summed E-state index contributed by atoms with van der Waals surface area (Å²) in [6.45, 7) is 1.42. The largest absolute Gasteiger partial charge is 0.497 e. The van der Waals surface area contributed by atoms with Crippen molar-refractivity contribution in [1.29, 1.82) is 0 Å². The number of hydrogen-bond donors (Lipinski definition) is 0. The van der Waals surface area contributed by atoms with E-state index in [1.807, 2.05) is 6.07 Å². The smallest absolute Gasteiger partial charge is 0.279 e. The van der Waals surface area contributed by atoms with Crippen molar-refractivity contribution in [3.8, 4) is 17.2 Å². The van der Waals surface area contributed by atoms with E-state index in [1.165, 1.54) is 11.8 Å². The predicted molar refractivity (Wildman–Crippen MR) is 106 cm³/mol. The SMILES string of the molecule is COc1ccc(-n2nc(C(=O)N3CCCC3)c3ccccc3c2=O)c(OC)c1. The molecular formula is C21H21N3O4. The normalized spacial score (nSPS) is 13.7. The van der Waals surface area contributed by atoms with Crippen LogP contribution in [0.3, 0.4) is 0 Å². The molecule has 1 aromatic heterocycles. The zero-order chi connectivity index (χ0) is 19.7. The molecule has 0 unspecified atom stereocenters. The molecular weight excluding hydrogens is 358 g/mol. The van der Waals surface area contributed by atoms with Crippen LogP contribution in [0, 0.1) is 0 Å². The maximum absolute atomic E-state index is 13.1. The van der Waals surface area contributed by atoms with Gasteiger partial charge < -0.3 is 14.4 Å². The van der Waals surface area contributed by atoms with Gasteiger partial charge in [0.25, 0.3) is 11.5 Å². The highest BCUT2D eigenvalue weighted by Gasteiger charge is 2.25. The molecule has 7 heteroatoms. The first-order valence-corrected chi connectivity index (χ1v) is 9.18. The first kappa shape index (κ1) is 18.0. The van der Waals surface area contributed by atoms with Crippen molar-refractivity contribution in [2.75, 3.05) is 27.3 Å². The van der Waals surface area contributed by atoms with Crippen LogP contribution in [0.2, 0.25) is 0 Å². The summed E-state index contributed by atoms with van der Waals surface area (Å²) in [6.07, 6.45) is 1.96. The minimum atomic E-state index is -0.308. The van der Waals surface area contributed by atoms with Gasteiger partial charge in [-0.2, -0.15) is 9.78 Å². The number of amides is 1. The Hall–Kier alpha value is -3.35. The molecule has 0 N–H and O–H groups in total. The lowest BCUT2D eigenvalue weighted by Gasteiger charge is -2.18. The molecule has 0 saturated carbocycles. The molecule has 2 heterocycles. The van der Waals surface area contributed by atoms with E-state index in [-0.39, 0.29) is 17.2 Å². The molecule has 1 aliphatic rings. The lowest BCUT2D eigenvalue weighted by Crippen LogP contribution is -2.32. The highest BCUT2D eigenvalue weighted by molar-refractivity contribution is 6.05. The molecule has 1 fully saturated rings. The Bertz CT molecular complexity index is 1100. The molecule has 4 rings (SSSR count). The van der Waals surface area contributed by atoms with Crippen LogP contribution in [0.15, 0.2) is 47.3 Å². The van der Waals surface area contributed by atoms with E-state index in [2.05, 4.69) is 5.10 Å². The third-order valence-electron chi connectivity index (χ3n) is 5.02. The fraction of sp³-hybridized carbons (Fsp3) is 0.286. The molecule has 0 spiro atoms. The number of nitrogens with zero attached hydrogens (tertiary/aromatic N) is 3. The number of carbonyl (C=O) groups excluding carboxylic acids is 1. The Labute approximate surface area is 162 Å². The number of aromatic nitrogens is 2. The molecule has 1 aliphatic heterocycles. The molecule has 2 aromatic carbocycles. The Kier molecular flexibility index (Phi) is 4.73. The standard InChI is InChI=1S/C21H21N3O4/c1-27-14-9-10-17(18(13-14)28-2)24-20(25)16-8-4-3-7-15(16)19(22-24)21(26)23-11-5-6-12-23/h3-4,7-10,13H,5-6,11-12H2,1-2H3. The van der Waals surface area contributed by atoms with Crippen LogP contribution in [-0.4, -0.2) is 47.9 Å². The molecule has 28 heavy (non-hydrogen) atoms. The summed E-state index contributed by atoms with van der Waals surface area (Å²) in [6, 6.07) is 12.2. The monoisotopic (exact) mass is 379 g/mol. The zero-order valence-electron chi connectivity index (χ0n) is 15.8. The zero-order valence-corrected chi connectivity index (χ0v) is 15.8. The summed E-state index contributed by atoms with van der Waals surface area (Å²) in [5, 5.41) is 5.48. The molecule has 3 aromatic rings. The van der Waals surface area contributed by atoms with Crippen molar-refractivity contribution in [2.24, 2.45) is 0 Å². The summed E-state index contributed by atoms with van der Waals surface area (Å²) < 4.78 is 11.9. The van der Waals surface area contributed by atoms with E-state index < -0.39 is 0 Å². The summed E-state index contributed by atoms with van der Waals surface area (Å²) >= 11 is 0. The van der Waals surface area contributed by atoms with E-state index in [9.17, 15) is 9.59 Å². The highest BCUT2D eigenvalue weighted by atomic mass is 16.5. The van der Waals surface area contributed by atoms with Crippen LogP contribution in [0.1, 0.15) is 23.3 Å². The van der Waals surface area contributed by atoms with Gasteiger partial charge in [0.2, 0.25) is 0 Å². The number of rotatable bonds is 4. The number of hydrogen-bond acceptors (Lipinski definition) is 5. The Morgan fingerprint density at radius 1 is 1.00 bits per heavy atom. The van der Waals surface area contributed by atoms with Crippen molar-refractivity contribution in [1.82, 2.24) is 14.7 Å². The van der Waals surface area contributed by atoms with E-state index in [4.69, 9.17) is 9.47 Å². The molecule has 0 radical (unpaired) electrons. The molecule has 1 saturated heterocycles. The molecule has 1 amide bonds. The van der Waals surface area contributed by atoms with Crippen LogP contribution in [0.25, 0.3) is 16.5 Å². The van der Waals surface area contributed by atoms with E-state index in [0.29, 0.717) is 41.0 Å². The summed E-state index contributed by atoms with van der Waals surface area (Å²) in [4.78, 5) is 28.0. The van der Waals surface area contributed by atoms with E-state index >= 15 is 0 Å². The van der Waals surface area contributed by atoms with Gasteiger partial charge in [-0.3, -0.25) is 9.59 Å². The average Bonchev–Trinajstić information content (AvgIpc) is 3.28. The maximum Gasteiger partial charge on any atom is 0.279 e. The molecule has 0 aliphatic carbocycles. The minimum Gasteiger partial charge on any atom is -0.497 e. The average molecular weight is 379 g/mol. The van der Waals surface area contributed by atoms with Crippen LogP contribution in [0.4, 0.5) is 0 Å². The van der Waals surface area contributed by atoms with Gasteiger partial charge in [0.1, 0.15) is 17.2 Å². The molecule has 7 nitrogen and oxygen atoms in total. The van der Waals surface area contributed by atoms with Gasteiger partial charge in [-0.25, -0.2) is 0 Å². The van der Waals surface area contributed by atoms with Crippen LogP contribution in [-0.2, 0) is 0 Å². The summed E-state index contributed by atoms with van der Waals surface area (Å²) in [5.41, 5.74) is 0.418. The van der Waals surface area contributed by atoms with Gasteiger partial charge in [0.05, 0.1) is 19.6 Å². The lowest BCUT2D eigenvalue weighted by atomic mass is 10.1. The second-order valence-electron chi connectivity index (χ2n) is 6.65. The summed E-state index contributed by atoms with van der Waals surface area (Å²) in [7, 11) is 3.07. The van der Waals surface area contributed by atoms with Crippen molar-refractivity contribution in [2.45, 2.75) is 12.8 Å². The Balaban J connectivity index is 1.96. The highest BCUT2D eigenvalue weighted by Crippen LogP contribution is 2.27. The van der Waals surface area contributed by atoms with Crippen LogP contribution < -0.4 is 15.0 Å². The van der Waals surface area contributed by atoms with Gasteiger partial charge in [-0.1, -0.05) is 18.2 Å². The first-order chi connectivity index (χ1) is 13.6. The fourth-order valence-electron chi connectivity index (χ4n) is 3.54. The van der Waals surface area contributed by atoms with Gasteiger partial charge in [-0.15, -0.1) is 0 Å². The third kappa shape index (κ3) is 2.98. The third-order valence-corrected chi connectivity index (χ3v) is 5.02. The number of likely N-dealkylation sites (tertiary alicyclic amines) is 1. The molecule has 0 bridgehead atoms. The second-order valence-corrected chi connectivity index (χ2v) is 6.65. The Morgan fingerprint density at radius 2 is 1.71 bits per heavy atom. The van der Waals surface area contributed by atoms with Crippen molar-refractivity contribution >= 4 is 16.7 Å². The molecule has 0 atom stereocenters. The number of methoxy groups -OCH3 is 2.